The lowest BCUT2D eigenvalue weighted by atomic mass is 10.2. The minimum atomic E-state index is -0.248. The van der Waals surface area contributed by atoms with Crippen molar-refractivity contribution in [1.29, 1.82) is 0 Å². The summed E-state index contributed by atoms with van der Waals surface area (Å²) in [6.07, 6.45) is -0.496. The van der Waals surface area contributed by atoms with E-state index < -0.39 is 0 Å². The molecule has 2 N–H and O–H groups in total. The van der Waals surface area contributed by atoms with Crippen molar-refractivity contribution in [2.75, 3.05) is 0 Å². The summed E-state index contributed by atoms with van der Waals surface area (Å²) >= 11 is 0. The highest BCUT2D eigenvalue weighted by Gasteiger charge is 2.51. The van der Waals surface area contributed by atoms with E-state index in [4.69, 9.17) is 0 Å². The molecule has 0 aliphatic carbocycles. The third kappa shape index (κ3) is 1.40. The Kier molecular flexibility index (Phi) is 2.44. The van der Waals surface area contributed by atoms with Crippen LogP contribution in [0.25, 0.3) is 0 Å². The van der Waals surface area contributed by atoms with Gasteiger partial charge in [0.15, 0.2) is 0 Å². The highest BCUT2D eigenvalue weighted by atomic mass is 16.2. The third-order valence-corrected chi connectivity index (χ3v) is 3.02. The molecule has 0 unspecified atom stereocenters. The molecule has 0 aromatic heterocycles. The molecular formula is C10H18N4O2. The number of carbonyl (C=O) groups is 2. The predicted molar refractivity (Wildman–Crippen MR) is 58.6 cm³/mol. The molecule has 2 fully saturated rings. The van der Waals surface area contributed by atoms with Gasteiger partial charge in [0.1, 0.15) is 12.3 Å². The maximum Gasteiger partial charge on any atom is 0.321 e. The minimum Gasteiger partial charge on any atom is -0.314 e. The Hall–Kier alpha value is -1.46. The second-order valence-corrected chi connectivity index (χ2v) is 4.79. The molecule has 0 saturated carbocycles. The number of rotatable bonds is 2. The van der Waals surface area contributed by atoms with Crippen molar-refractivity contribution in [2.45, 2.75) is 52.1 Å². The molecule has 0 radical (unpaired) electrons. The first-order valence-corrected chi connectivity index (χ1v) is 5.61. The molecule has 6 nitrogen and oxygen atoms in total. The Balaban J connectivity index is 2.25. The Bertz CT molecular complexity index is 297. The summed E-state index contributed by atoms with van der Waals surface area (Å²) in [6.45, 7) is 7.75. The highest BCUT2D eigenvalue weighted by Crippen LogP contribution is 2.24. The van der Waals surface area contributed by atoms with Gasteiger partial charge in [0.25, 0.3) is 0 Å². The van der Waals surface area contributed by atoms with Crippen LogP contribution in [0, 0.1) is 0 Å². The second-order valence-electron chi connectivity index (χ2n) is 4.79. The lowest BCUT2D eigenvalue weighted by Crippen LogP contribution is -2.46. The van der Waals surface area contributed by atoms with E-state index in [1.54, 1.807) is 9.80 Å². The van der Waals surface area contributed by atoms with E-state index in [1.807, 2.05) is 27.7 Å². The van der Waals surface area contributed by atoms with Crippen LogP contribution in [0.3, 0.4) is 0 Å². The normalized spacial score (nSPS) is 28.9. The maximum atomic E-state index is 11.7. The van der Waals surface area contributed by atoms with Crippen LogP contribution in [0.15, 0.2) is 0 Å². The molecule has 2 aliphatic rings. The molecule has 90 valence electrons. The van der Waals surface area contributed by atoms with Crippen LogP contribution in [0.5, 0.6) is 0 Å². The fraction of sp³-hybridized carbons (Fsp3) is 0.800. The van der Waals surface area contributed by atoms with Crippen molar-refractivity contribution in [2.24, 2.45) is 0 Å². The maximum absolute atomic E-state index is 11.7. The molecule has 16 heavy (non-hydrogen) atoms. The first-order valence-electron chi connectivity index (χ1n) is 5.61. The van der Waals surface area contributed by atoms with Gasteiger partial charge in [0, 0.05) is 12.1 Å². The van der Waals surface area contributed by atoms with Crippen molar-refractivity contribution in [3.63, 3.8) is 0 Å². The van der Waals surface area contributed by atoms with Gasteiger partial charge in [0.2, 0.25) is 0 Å². The molecule has 4 amide bonds. The van der Waals surface area contributed by atoms with Crippen molar-refractivity contribution in [1.82, 2.24) is 20.4 Å². The molecular weight excluding hydrogens is 208 g/mol. The number of nitrogens with one attached hydrogen (secondary N) is 2. The van der Waals surface area contributed by atoms with Crippen molar-refractivity contribution in [3.05, 3.63) is 0 Å². The zero-order chi connectivity index (χ0) is 12.0. The monoisotopic (exact) mass is 226 g/mol. The van der Waals surface area contributed by atoms with Crippen molar-refractivity contribution < 1.29 is 9.59 Å². The first kappa shape index (κ1) is 11.0. The number of hydrogen-bond donors (Lipinski definition) is 2. The summed E-state index contributed by atoms with van der Waals surface area (Å²) in [6, 6.07) is -0.0869. The molecule has 2 aliphatic heterocycles. The lowest BCUT2D eigenvalue weighted by molar-refractivity contribution is 0.166. The Labute approximate surface area is 95.0 Å². The van der Waals surface area contributed by atoms with Crippen LogP contribution < -0.4 is 10.6 Å². The Morgan fingerprint density at radius 1 is 0.875 bits per heavy atom. The summed E-state index contributed by atoms with van der Waals surface area (Å²) in [4.78, 5) is 26.8. The van der Waals surface area contributed by atoms with Crippen molar-refractivity contribution in [3.8, 4) is 0 Å². The number of urea groups is 2. The summed E-state index contributed by atoms with van der Waals surface area (Å²) in [5.41, 5.74) is 0. The first-order chi connectivity index (χ1) is 7.43. The van der Waals surface area contributed by atoms with E-state index in [0.29, 0.717) is 0 Å². The molecule has 6 heteroatoms. The topological polar surface area (TPSA) is 64.7 Å². The molecule has 2 rings (SSSR count). The van der Waals surface area contributed by atoms with Gasteiger partial charge < -0.3 is 10.6 Å². The van der Waals surface area contributed by atoms with Crippen LogP contribution in [-0.4, -0.2) is 46.3 Å². The molecule has 2 heterocycles. The summed E-state index contributed by atoms with van der Waals surface area (Å²) in [7, 11) is 0. The van der Waals surface area contributed by atoms with Gasteiger partial charge in [-0.05, 0) is 27.7 Å². The lowest BCUT2D eigenvalue weighted by Gasteiger charge is -2.26. The SMILES string of the molecule is CC(C)N1C(=O)N[C@@H]2[C@H]1NC(=O)N2C(C)C. The number of carbonyl (C=O) groups excluding carboxylic acids is 2. The van der Waals surface area contributed by atoms with Gasteiger partial charge in [-0.25, -0.2) is 9.59 Å². The van der Waals surface area contributed by atoms with Crippen molar-refractivity contribution >= 4 is 12.1 Å². The zero-order valence-electron chi connectivity index (χ0n) is 10.0. The molecule has 2 saturated heterocycles. The van der Waals surface area contributed by atoms with E-state index in [2.05, 4.69) is 10.6 Å². The van der Waals surface area contributed by atoms with E-state index in [9.17, 15) is 9.59 Å². The van der Waals surface area contributed by atoms with Gasteiger partial charge in [-0.15, -0.1) is 0 Å². The quantitative estimate of drug-likeness (QED) is 0.720. The average Bonchev–Trinajstić information content (AvgIpc) is 2.55. The zero-order valence-corrected chi connectivity index (χ0v) is 10.0. The smallest absolute Gasteiger partial charge is 0.314 e. The van der Waals surface area contributed by atoms with Crippen LogP contribution in [-0.2, 0) is 0 Å². The number of amides is 4. The third-order valence-electron chi connectivity index (χ3n) is 3.02. The fourth-order valence-electron chi connectivity index (χ4n) is 2.37. The molecule has 0 bridgehead atoms. The largest absolute Gasteiger partial charge is 0.321 e. The Morgan fingerprint density at radius 2 is 1.19 bits per heavy atom. The standard InChI is InChI=1S/C10H18N4O2/c1-5(2)13-7-8(12-9(13)15)14(6(3)4)10(16)11-7/h5-8H,1-4H3,(H,11,16)(H,12,15)/t7-,8-/m0/s1. The van der Waals surface area contributed by atoms with Crippen LogP contribution in [0.2, 0.25) is 0 Å². The molecule has 0 spiro atoms. The van der Waals surface area contributed by atoms with Gasteiger partial charge in [-0.1, -0.05) is 0 Å². The molecule has 0 aromatic carbocycles. The van der Waals surface area contributed by atoms with E-state index >= 15 is 0 Å². The fourth-order valence-corrected chi connectivity index (χ4v) is 2.37. The Morgan fingerprint density at radius 3 is 1.44 bits per heavy atom. The van der Waals surface area contributed by atoms with Gasteiger partial charge in [-0.3, -0.25) is 9.80 Å². The summed E-state index contributed by atoms with van der Waals surface area (Å²) in [5, 5.41) is 5.68. The van der Waals surface area contributed by atoms with E-state index in [-0.39, 0.29) is 36.5 Å². The van der Waals surface area contributed by atoms with E-state index in [0.717, 1.165) is 0 Å². The second kappa shape index (κ2) is 3.54. The molecule has 2 atom stereocenters. The van der Waals surface area contributed by atoms with Crippen LogP contribution in [0.1, 0.15) is 27.7 Å². The highest BCUT2D eigenvalue weighted by molar-refractivity contribution is 5.85. The van der Waals surface area contributed by atoms with E-state index in [1.165, 1.54) is 0 Å². The summed E-state index contributed by atoms with van der Waals surface area (Å²) in [5.74, 6) is 0. The average molecular weight is 226 g/mol. The van der Waals surface area contributed by atoms with Crippen LogP contribution in [0.4, 0.5) is 9.59 Å². The minimum absolute atomic E-state index is 0.0717. The summed E-state index contributed by atoms with van der Waals surface area (Å²) < 4.78 is 0. The number of nitrogens with zero attached hydrogens (tertiary/aromatic N) is 2. The number of hydrogen-bond acceptors (Lipinski definition) is 2. The number of fused-ring (bicyclic) bond motifs is 1. The van der Waals surface area contributed by atoms with Gasteiger partial charge in [0.05, 0.1) is 0 Å². The molecule has 0 aromatic rings. The predicted octanol–water partition coefficient (Wildman–Crippen LogP) is 0.506. The van der Waals surface area contributed by atoms with Gasteiger partial charge >= 0.3 is 12.1 Å². The van der Waals surface area contributed by atoms with Gasteiger partial charge in [-0.2, -0.15) is 0 Å². The van der Waals surface area contributed by atoms with Crippen LogP contribution >= 0.6 is 0 Å².